The van der Waals surface area contributed by atoms with Gasteiger partial charge in [-0.05, 0) is 43.7 Å². The lowest BCUT2D eigenvalue weighted by molar-refractivity contribution is -0.140. The molecule has 0 saturated heterocycles. The summed E-state index contributed by atoms with van der Waals surface area (Å²) in [7, 11) is 0. The normalized spacial score (nSPS) is 11.7. The zero-order valence-electron chi connectivity index (χ0n) is 12.7. The molecule has 3 aromatic rings. The lowest BCUT2D eigenvalue weighted by Crippen LogP contribution is -2.12. The maximum absolute atomic E-state index is 12.8. The van der Waals surface area contributed by atoms with Crippen LogP contribution < -0.4 is 5.32 Å². The van der Waals surface area contributed by atoms with Gasteiger partial charge in [0.15, 0.2) is 0 Å². The summed E-state index contributed by atoms with van der Waals surface area (Å²) in [6.07, 6.45) is -4.51. The van der Waals surface area contributed by atoms with Crippen LogP contribution in [0.5, 0.6) is 0 Å². The second kappa shape index (κ2) is 5.86. The van der Waals surface area contributed by atoms with Crippen molar-refractivity contribution in [3.8, 4) is 0 Å². The number of hydrogen-bond acceptors (Lipinski definition) is 4. The van der Waals surface area contributed by atoms with E-state index in [9.17, 15) is 18.0 Å². The van der Waals surface area contributed by atoms with Gasteiger partial charge in [-0.2, -0.15) is 13.2 Å². The molecule has 1 N–H and O–H groups in total. The van der Waals surface area contributed by atoms with Gasteiger partial charge < -0.3 is 5.32 Å². The molecule has 0 saturated carbocycles. The molecule has 3 aromatic heterocycles. The number of aromatic nitrogens is 2. The van der Waals surface area contributed by atoms with Gasteiger partial charge in [0, 0.05) is 11.1 Å². The van der Waals surface area contributed by atoms with E-state index >= 15 is 0 Å². The molecule has 0 aromatic carbocycles. The first-order valence-electron chi connectivity index (χ1n) is 6.98. The molecule has 0 aliphatic rings. The first kappa shape index (κ1) is 16.4. The van der Waals surface area contributed by atoms with Gasteiger partial charge in [-0.1, -0.05) is 6.07 Å². The SMILES string of the molecule is Cc1cccc(NC(=O)c2sc3nc(C(F)(F)F)ccc3c2C)n1. The van der Waals surface area contributed by atoms with E-state index in [0.717, 1.165) is 23.1 Å². The molecule has 0 aliphatic carbocycles. The molecule has 3 rings (SSSR count). The number of fused-ring (bicyclic) bond motifs is 1. The Morgan fingerprint density at radius 2 is 1.88 bits per heavy atom. The summed E-state index contributed by atoms with van der Waals surface area (Å²) in [6.45, 7) is 3.48. The van der Waals surface area contributed by atoms with Gasteiger partial charge in [-0.25, -0.2) is 9.97 Å². The minimum Gasteiger partial charge on any atom is -0.306 e. The predicted octanol–water partition coefficient (Wildman–Crippen LogP) is 4.58. The summed E-state index contributed by atoms with van der Waals surface area (Å²) < 4.78 is 38.3. The van der Waals surface area contributed by atoms with Crippen LogP contribution >= 0.6 is 11.3 Å². The van der Waals surface area contributed by atoms with Gasteiger partial charge in [0.2, 0.25) is 0 Å². The zero-order chi connectivity index (χ0) is 17.5. The van der Waals surface area contributed by atoms with Crippen LogP contribution in [-0.2, 0) is 6.18 Å². The Morgan fingerprint density at radius 1 is 1.12 bits per heavy atom. The molecule has 124 valence electrons. The summed E-state index contributed by atoms with van der Waals surface area (Å²) in [5.41, 5.74) is 0.377. The molecule has 0 radical (unpaired) electrons. The van der Waals surface area contributed by atoms with Crippen molar-refractivity contribution in [2.24, 2.45) is 0 Å². The molecule has 0 fully saturated rings. The third kappa shape index (κ3) is 3.09. The van der Waals surface area contributed by atoms with Gasteiger partial charge in [-0.3, -0.25) is 4.79 Å². The third-order valence-electron chi connectivity index (χ3n) is 3.43. The quantitative estimate of drug-likeness (QED) is 0.735. The van der Waals surface area contributed by atoms with E-state index in [0.29, 0.717) is 21.6 Å². The van der Waals surface area contributed by atoms with Crippen LogP contribution in [0.4, 0.5) is 19.0 Å². The van der Waals surface area contributed by atoms with E-state index in [4.69, 9.17) is 0 Å². The molecule has 0 bridgehead atoms. The molecule has 0 unspecified atom stereocenters. The number of nitrogens with zero attached hydrogens (tertiary/aromatic N) is 2. The number of alkyl halides is 3. The maximum atomic E-state index is 12.8. The molecule has 4 nitrogen and oxygen atoms in total. The number of carbonyl (C=O) groups is 1. The van der Waals surface area contributed by atoms with Crippen molar-refractivity contribution in [1.29, 1.82) is 0 Å². The second-order valence-corrected chi connectivity index (χ2v) is 6.22. The summed E-state index contributed by atoms with van der Waals surface area (Å²) in [5.74, 6) is -0.0250. The fourth-order valence-corrected chi connectivity index (χ4v) is 3.33. The minimum absolute atomic E-state index is 0.185. The minimum atomic E-state index is -4.51. The van der Waals surface area contributed by atoms with Gasteiger partial charge in [0.25, 0.3) is 5.91 Å². The largest absolute Gasteiger partial charge is 0.433 e. The number of carbonyl (C=O) groups excluding carboxylic acids is 1. The molecule has 0 aliphatic heterocycles. The Balaban J connectivity index is 1.97. The Morgan fingerprint density at radius 3 is 2.54 bits per heavy atom. The smallest absolute Gasteiger partial charge is 0.306 e. The Kier molecular flexibility index (Phi) is 4.00. The highest BCUT2D eigenvalue weighted by atomic mass is 32.1. The van der Waals surface area contributed by atoms with Crippen molar-refractivity contribution in [2.75, 3.05) is 5.32 Å². The van der Waals surface area contributed by atoms with Gasteiger partial charge in [0.1, 0.15) is 16.3 Å². The molecule has 0 spiro atoms. The molecular formula is C16H12F3N3OS. The second-order valence-electron chi connectivity index (χ2n) is 5.22. The topological polar surface area (TPSA) is 54.9 Å². The number of nitrogens with one attached hydrogen (secondary N) is 1. The lowest BCUT2D eigenvalue weighted by atomic mass is 10.2. The molecule has 3 heterocycles. The van der Waals surface area contributed by atoms with Crippen molar-refractivity contribution < 1.29 is 18.0 Å². The van der Waals surface area contributed by atoms with E-state index in [1.807, 2.05) is 0 Å². The summed E-state index contributed by atoms with van der Waals surface area (Å²) >= 11 is 0.935. The fourth-order valence-electron chi connectivity index (χ4n) is 2.26. The Bertz CT molecular complexity index is 934. The van der Waals surface area contributed by atoms with Crippen LogP contribution in [0.25, 0.3) is 10.2 Å². The van der Waals surface area contributed by atoms with Crippen LogP contribution in [0, 0.1) is 13.8 Å². The number of rotatable bonds is 2. The highest BCUT2D eigenvalue weighted by Gasteiger charge is 2.33. The summed E-state index contributed by atoms with van der Waals surface area (Å²) in [4.78, 5) is 20.7. The van der Waals surface area contributed by atoms with Gasteiger partial charge in [0.05, 0.1) is 4.88 Å². The fraction of sp³-hybridized carbons (Fsp3) is 0.188. The van der Waals surface area contributed by atoms with Crippen molar-refractivity contribution in [3.63, 3.8) is 0 Å². The van der Waals surface area contributed by atoms with Crippen molar-refractivity contribution in [2.45, 2.75) is 20.0 Å². The molecule has 8 heteroatoms. The van der Waals surface area contributed by atoms with Crippen LogP contribution in [0.15, 0.2) is 30.3 Å². The standard InChI is InChI=1S/C16H12F3N3OS/c1-8-4-3-5-12(20-8)22-14(23)13-9(2)10-6-7-11(16(17,18)19)21-15(10)24-13/h3-7H,1-2H3,(H,20,22,23). The molecular weight excluding hydrogens is 339 g/mol. The zero-order valence-corrected chi connectivity index (χ0v) is 13.5. The number of amides is 1. The summed E-state index contributed by atoms with van der Waals surface area (Å²) in [5, 5.41) is 3.19. The Hall–Kier alpha value is -2.48. The first-order valence-corrected chi connectivity index (χ1v) is 7.79. The average molecular weight is 351 g/mol. The molecule has 0 atom stereocenters. The number of aryl methyl sites for hydroxylation is 2. The molecule has 24 heavy (non-hydrogen) atoms. The average Bonchev–Trinajstić information content (AvgIpc) is 2.83. The van der Waals surface area contributed by atoms with Crippen molar-refractivity contribution >= 4 is 33.3 Å². The number of pyridine rings is 2. The predicted molar refractivity (Wildman–Crippen MR) is 86.3 cm³/mol. The van der Waals surface area contributed by atoms with Crippen molar-refractivity contribution in [1.82, 2.24) is 9.97 Å². The monoisotopic (exact) mass is 351 g/mol. The van der Waals surface area contributed by atoms with Crippen LogP contribution in [-0.4, -0.2) is 15.9 Å². The third-order valence-corrected chi connectivity index (χ3v) is 4.63. The van der Waals surface area contributed by atoms with Gasteiger partial charge >= 0.3 is 6.18 Å². The maximum Gasteiger partial charge on any atom is 0.433 e. The highest BCUT2D eigenvalue weighted by molar-refractivity contribution is 7.20. The van der Waals surface area contributed by atoms with E-state index in [-0.39, 0.29) is 4.83 Å². The van der Waals surface area contributed by atoms with E-state index in [1.165, 1.54) is 6.07 Å². The number of thiophene rings is 1. The van der Waals surface area contributed by atoms with Crippen LogP contribution in [0.2, 0.25) is 0 Å². The van der Waals surface area contributed by atoms with Crippen molar-refractivity contribution in [3.05, 3.63) is 52.2 Å². The van der Waals surface area contributed by atoms with E-state index in [1.54, 1.807) is 32.0 Å². The first-order chi connectivity index (χ1) is 11.3. The highest BCUT2D eigenvalue weighted by Crippen LogP contribution is 2.34. The number of hydrogen-bond donors (Lipinski definition) is 1. The van der Waals surface area contributed by atoms with Gasteiger partial charge in [-0.15, -0.1) is 11.3 Å². The number of anilines is 1. The van der Waals surface area contributed by atoms with E-state index in [2.05, 4.69) is 15.3 Å². The van der Waals surface area contributed by atoms with Crippen LogP contribution in [0.1, 0.15) is 26.6 Å². The lowest BCUT2D eigenvalue weighted by Gasteiger charge is -2.04. The molecule has 1 amide bonds. The number of halogens is 3. The summed E-state index contributed by atoms with van der Waals surface area (Å²) in [6, 6.07) is 7.47. The van der Waals surface area contributed by atoms with Crippen LogP contribution in [0.3, 0.4) is 0 Å². The van der Waals surface area contributed by atoms with E-state index < -0.39 is 17.8 Å². The Labute approximate surface area is 139 Å².